The molecule has 0 amide bonds. The summed E-state index contributed by atoms with van der Waals surface area (Å²) in [7, 11) is 0. The summed E-state index contributed by atoms with van der Waals surface area (Å²) in [5.41, 5.74) is 0. The van der Waals surface area contributed by atoms with Gasteiger partial charge in [0.25, 0.3) is 0 Å². The second-order valence-corrected chi connectivity index (χ2v) is 6.74. The maximum absolute atomic E-state index is 13.5. The summed E-state index contributed by atoms with van der Waals surface area (Å²) < 4.78 is 23.5. The predicted molar refractivity (Wildman–Crippen MR) is 88.8 cm³/mol. The van der Waals surface area contributed by atoms with Crippen molar-refractivity contribution in [3.8, 4) is 5.75 Å². The molecule has 1 aromatic carbocycles. The van der Waals surface area contributed by atoms with Crippen molar-refractivity contribution in [2.75, 3.05) is 6.61 Å². The quantitative estimate of drug-likeness (QED) is 0.416. The van der Waals surface area contributed by atoms with Crippen molar-refractivity contribution in [2.45, 2.75) is 43.9 Å². The molecule has 0 radical (unpaired) electrons. The Bertz CT molecular complexity index is 574. The van der Waals surface area contributed by atoms with E-state index in [0.29, 0.717) is 0 Å². The molecule has 1 aliphatic rings. The third-order valence-corrected chi connectivity index (χ3v) is 4.81. The van der Waals surface area contributed by atoms with Crippen LogP contribution in [0.2, 0.25) is 5.02 Å². The molecule has 0 aromatic heterocycles. The molecule has 0 spiro atoms. The van der Waals surface area contributed by atoms with Crippen molar-refractivity contribution in [1.82, 2.24) is 0 Å². The van der Waals surface area contributed by atoms with Crippen LogP contribution in [0.1, 0.15) is 38.5 Å². The first-order valence-corrected chi connectivity index (χ1v) is 8.73. The van der Waals surface area contributed by atoms with Gasteiger partial charge >= 0.3 is 11.9 Å². The van der Waals surface area contributed by atoms with Crippen molar-refractivity contribution in [3.05, 3.63) is 29.0 Å². The van der Waals surface area contributed by atoms with Gasteiger partial charge in [-0.15, -0.1) is 11.6 Å². The van der Waals surface area contributed by atoms with Gasteiger partial charge in [0.1, 0.15) is 0 Å². The molecule has 1 aromatic rings. The van der Waals surface area contributed by atoms with Gasteiger partial charge in [-0.1, -0.05) is 30.5 Å². The largest absolute Gasteiger partial charge is 0.465 e. The second-order valence-electron chi connectivity index (χ2n) is 5.77. The number of rotatable bonds is 6. The summed E-state index contributed by atoms with van der Waals surface area (Å²) in [6.07, 6.45) is 3.71. The van der Waals surface area contributed by atoms with Gasteiger partial charge in [-0.3, -0.25) is 9.59 Å². The van der Waals surface area contributed by atoms with Crippen LogP contribution in [0, 0.1) is 11.7 Å². The first-order chi connectivity index (χ1) is 11.5. The third kappa shape index (κ3) is 5.64. The Kier molecular flexibility index (Phi) is 7.31. The lowest BCUT2D eigenvalue weighted by Crippen LogP contribution is -2.26. The molecule has 4 nitrogen and oxygen atoms in total. The maximum atomic E-state index is 13.5. The Labute approximate surface area is 150 Å². The van der Waals surface area contributed by atoms with Gasteiger partial charge in [-0.05, 0) is 25.0 Å². The molecular formula is C17H19Cl2FO4. The van der Waals surface area contributed by atoms with Gasteiger partial charge in [0, 0.05) is 11.3 Å². The van der Waals surface area contributed by atoms with Crippen LogP contribution in [0.25, 0.3) is 0 Å². The van der Waals surface area contributed by atoms with Crippen molar-refractivity contribution in [1.29, 1.82) is 0 Å². The minimum atomic E-state index is -0.744. The molecule has 2 atom stereocenters. The molecule has 0 N–H and O–H groups in total. The predicted octanol–water partition coefficient (Wildman–Crippen LogP) is 4.51. The average molecular weight is 377 g/mol. The van der Waals surface area contributed by atoms with Gasteiger partial charge in [0.05, 0.1) is 24.5 Å². The SMILES string of the molecule is O=C(CCC(=O)Oc1c(F)cccc1Cl)OCC1CCCCC1Cl. The summed E-state index contributed by atoms with van der Waals surface area (Å²) in [6, 6.07) is 3.95. The molecule has 1 aliphatic carbocycles. The van der Waals surface area contributed by atoms with E-state index in [0.717, 1.165) is 31.7 Å². The number of esters is 2. The van der Waals surface area contributed by atoms with Gasteiger partial charge in [0.2, 0.25) is 0 Å². The zero-order valence-corrected chi connectivity index (χ0v) is 14.6. The Hall–Kier alpha value is -1.33. The van der Waals surface area contributed by atoms with Crippen LogP contribution in [0.3, 0.4) is 0 Å². The molecule has 0 aliphatic heterocycles. The van der Waals surface area contributed by atoms with Gasteiger partial charge < -0.3 is 9.47 Å². The topological polar surface area (TPSA) is 52.6 Å². The number of carbonyl (C=O) groups excluding carboxylic acids is 2. The smallest absolute Gasteiger partial charge is 0.311 e. The van der Waals surface area contributed by atoms with Crippen LogP contribution < -0.4 is 4.74 Å². The standard InChI is InChI=1S/C17H19Cl2FO4/c18-12-5-2-1-4-11(12)10-23-15(21)8-9-16(22)24-17-13(19)6-3-7-14(17)20/h3,6-7,11-12H,1-2,4-5,8-10H2. The number of alkyl halides is 1. The number of para-hydroxylation sites is 1. The third-order valence-electron chi connectivity index (χ3n) is 3.94. The van der Waals surface area contributed by atoms with Crippen molar-refractivity contribution in [2.24, 2.45) is 5.92 Å². The Morgan fingerprint density at radius 3 is 2.58 bits per heavy atom. The first-order valence-electron chi connectivity index (χ1n) is 7.91. The average Bonchev–Trinajstić information content (AvgIpc) is 2.56. The van der Waals surface area contributed by atoms with E-state index in [1.807, 2.05) is 0 Å². The molecule has 24 heavy (non-hydrogen) atoms. The summed E-state index contributed by atoms with van der Waals surface area (Å²) >= 11 is 12.0. The molecular weight excluding hydrogens is 358 g/mol. The fraction of sp³-hybridized carbons (Fsp3) is 0.529. The Balaban J connectivity index is 1.72. The number of benzene rings is 1. The zero-order chi connectivity index (χ0) is 17.5. The van der Waals surface area contributed by atoms with E-state index < -0.39 is 17.8 Å². The van der Waals surface area contributed by atoms with Crippen LogP contribution >= 0.6 is 23.2 Å². The second kappa shape index (κ2) is 9.23. The van der Waals surface area contributed by atoms with Gasteiger partial charge in [-0.25, -0.2) is 4.39 Å². The number of ether oxygens (including phenoxy) is 2. The van der Waals surface area contributed by atoms with Gasteiger partial charge in [-0.2, -0.15) is 0 Å². The highest BCUT2D eigenvalue weighted by Gasteiger charge is 2.24. The summed E-state index contributed by atoms with van der Waals surface area (Å²) in [6.45, 7) is 0.265. The van der Waals surface area contributed by atoms with Crippen LogP contribution in [0.5, 0.6) is 5.75 Å². The van der Waals surface area contributed by atoms with Crippen molar-refractivity contribution in [3.63, 3.8) is 0 Å². The fourth-order valence-corrected chi connectivity index (χ4v) is 3.13. The maximum Gasteiger partial charge on any atom is 0.311 e. The van der Waals surface area contributed by atoms with Crippen LogP contribution in [-0.4, -0.2) is 23.9 Å². The minimum Gasteiger partial charge on any atom is -0.465 e. The molecule has 0 saturated heterocycles. The lowest BCUT2D eigenvalue weighted by molar-refractivity contribution is -0.148. The highest BCUT2D eigenvalue weighted by molar-refractivity contribution is 6.32. The van der Waals surface area contributed by atoms with Crippen molar-refractivity contribution >= 4 is 35.1 Å². The van der Waals surface area contributed by atoms with Crippen LogP contribution in [0.4, 0.5) is 4.39 Å². The highest BCUT2D eigenvalue weighted by atomic mass is 35.5. The van der Waals surface area contributed by atoms with Crippen LogP contribution in [0.15, 0.2) is 18.2 Å². The molecule has 132 valence electrons. The molecule has 1 saturated carbocycles. The summed E-state index contributed by atoms with van der Waals surface area (Å²) in [5.74, 6) is -2.14. The van der Waals surface area contributed by atoms with E-state index in [1.54, 1.807) is 0 Å². The summed E-state index contributed by atoms with van der Waals surface area (Å²) in [5, 5.41) is 0.0242. The first kappa shape index (κ1) is 19.0. The normalized spacial score (nSPS) is 20.5. The Morgan fingerprint density at radius 1 is 1.17 bits per heavy atom. The van der Waals surface area contributed by atoms with E-state index in [1.165, 1.54) is 12.1 Å². The monoisotopic (exact) mass is 376 g/mol. The van der Waals surface area contributed by atoms with E-state index in [4.69, 9.17) is 32.7 Å². The molecule has 0 heterocycles. The van der Waals surface area contributed by atoms with Crippen LogP contribution in [-0.2, 0) is 14.3 Å². The van der Waals surface area contributed by atoms with E-state index in [9.17, 15) is 14.0 Å². The number of hydrogen-bond acceptors (Lipinski definition) is 4. The van der Waals surface area contributed by atoms with E-state index in [2.05, 4.69) is 0 Å². The van der Waals surface area contributed by atoms with E-state index >= 15 is 0 Å². The number of carbonyl (C=O) groups is 2. The van der Waals surface area contributed by atoms with Crippen molar-refractivity contribution < 1.29 is 23.5 Å². The summed E-state index contributed by atoms with van der Waals surface area (Å²) in [4.78, 5) is 23.4. The number of halogens is 3. The Morgan fingerprint density at radius 2 is 1.88 bits per heavy atom. The zero-order valence-electron chi connectivity index (χ0n) is 13.1. The van der Waals surface area contributed by atoms with E-state index in [-0.39, 0.29) is 41.5 Å². The molecule has 0 bridgehead atoms. The minimum absolute atomic E-state index is 0.00335. The molecule has 7 heteroatoms. The lowest BCUT2D eigenvalue weighted by atomic mass is 9.89. The fourth-order valence-electron chi connectivity index (χ4n) is 2.57. The molecule has 1 fully saturated rings. The van der Waals surface area contributed by atoms with Gasteiger partial charge in [0.15, 0.2) is 11.6 Å². The molecule has 2 rings (SSSR count). The lowest BCUT2D eigenvalue weighted by Gasteiger charge is -2.26. The molecule has 2 unspecified atom stereocenters. The highest BCUT2D eigenvalue weighted by Crippen LogP contribution is 2.29. The number of hydrogen-bond donors (Lipinski definition) is 0.